The second kappa shape index (κ2) is 6.29. The van der Waals surface area contributed by atoms with Crippen molar-refractivity contribution in [3.63, 3.8) is 0 Å². The summed E-state index contributed by atoms with van der Waals surface area (Å²) in [6, 6.07) is 10.4. The van der Waals surface area contributed by atoms with Crippen LogP contribution in [0.2, 0.25) is 5.02 Å². The quantitative estimate of drug-likeness (QED) is 0.612. The highest BCUT2D eigenvalue weighted by atomic mass is 35.5. The van der Waals surface area contributed by atoms with Gasteiger partial charge in [-0.3, -0.25) is 0 Å². The first-order chi connectivity index (χ1) is 9.16. The standard InChI is InChI=1S/C14H9ClF2NO/c15-11-6-4-10(5-7-11)8-18-19-9-12-13(16)2-1-3-14(12)17/h1-7H,9H2. The van der Waals surface area contributed by atoms with Gasteiger partial charge in [-0.2, -0.15) is 0 Å². The Balaban J connectivity index is 1.95. The molecule has 0 N–H and O–H groups in total. The van der Waals surface area contributed by atoms with E-state index in [1.165, 1.54) is 6.07 Å². The molecular weight excluding hydrogens is 272 g/mol. The molecule has 2 aromatic carbocycles. The summed E-state index contributed by atoms with van der Waals surface area (Å²) in [6.45, 7) is -0.293. The molecule has 0 spiro atoms. The van der Waals surface area contributed by atoms with Gasteiger partial charge in [0.1, 0.15) is 24.5 Å². The van der Waals surface area contributed by atoms with E-state index < -0.39 is 11.6 Å². The molecule has 0 amide bonds. The number of hydrogen-bond donors (Lipinski definition) is 0. The molecule has 2 nitrogen and oxygen atoms in total. The lowest BCUT2D eigenvalue weighted by molar-refractivity contribution is 0.126. The van der Waals surface area contributed by atoms with Gasteiger partial charge in [-0.25, -0.2) is 8.78 Å². The largest absolute Gasteiger partial charge is 0.390 e. The summed E-state index contributed by atoms with van der Waals surface area (Å²) in [7, 11) is 0. The van der Waals surface area contributed by atoms with Gasteiger partial charge >= 0.3 is 0 Å². The molecule has 5 heteroatoms. The van der Waals surface area contributed by atoms with Crippen molar-refractivity contribution in [2.75, 3.05) is 0 Å². The van der Waals surface area contributed by atoms with Crippen LogP contribution < -0.4 is 0 Å². The second-order valence-corrected chi connectivity index (χ2v) is 4.12. The first-order valence-corrected chi connectivity index (χ1v) is 5.81. The summed E-state index contributed by atoms with van der Waals surface area (Å²) in [5, 5.41) is 4.12. The van der Waals surface area contributed by atoms with E-state index in [1.807, 2.05) is 0 Å². The zero-order valence-corrected chi connectivity index (χ0v) is 10.5. The zero-order chi connectivity index (χ0) is 13.7. The van der Waals surface area contributed by atoms with Crippen LogP contribution in [0.4, 0.5) is 8.78 Å². The van der Waals surface area contributed by atoms with E-state index >= 15 is 0 Å². The van der Waals surface area contributed by atoms with Gasteiger partial charge in [0, 0.05) is 10.6 Å². The van der Waals surface area contributed by atoms with Gasteiger partial charge in [-0.05, 0) is 24.3 Å². The fourth-order valence-electron chi connectivity index (χ4n) is 1.38. The SMILES string of the molecule is Fc1cccc(F)c1CO/N=[C]\c1ccc(Cl)cc1. The van der Waals surface area contributed by atoms with Crippen molar-refractivity contribution in [3.05, 3.63) is 70.2 Å². The number of benzene rings is 2. The van der Waals surface area contributed by atoms with Crippen molar-refractivity contribution >= 4 is 17.8 Å². The first kappa shape index (κ1) is 13.5. The van der Waals surface area contributed by atoms with E-state index in [-0.39, 0.29) is 12.2 Å². The van der Waals surface area contributed by atoms with Crippen molar-refractivity contribution in [2.45, 2.75) is 6.61 Å². The topological polar surface area (TPSA) is 21.6 Å². The zero-order valence-electron chi connectivity index (χ0n) is 9.74. The van der Waals surface area contributed by atoms with Crippen LogP contribution in [0.15, 0.2) is 47.6 Å². The van der Waals surface area contributed by atoms with Crippen molar-refractivity contribution in [2.24, 2.45) is 5.16 Å². The van der Waals surface area contributed by atoms with Crippen LogP contribution >= 0.6 is 11.6 Å². The Hall–Kier alpha value is -1.94. The lowest BCUT2D eigenvalue weighted by Crippen LogP contribution is -1.96. The van der Waals surface area contributed by atoms with E-state index in [0.29, 0.717) is 10.6 Å². The highest BCUT2D eigenvalue weighted by molar-refractivity contribution is 6.30. The molecule has 0 aromatic heterocycles. The molecule has 19 heavy (non-hydrogen) atoms. The van der Waals surface area contributed by atoms with Crippen LogP contribution in [-0.4, -0.2) is 6.21 Å². The van der Waals surface area contributed by atoms with E-state index in [2.05, 4.69) is 11.4 Å². The molecule has 0 saturated carbocycles. The Morgan fingerprint density at radius 3 is 2.32 bits per heavy atom. The van der Waals surface area contributed by atoms with Crippen LogP contribution in [0.3, 0.4) is 0 Å². The van der Waals surface area contributed by atoms with Gasteiger partial charge in [-0.15, -0.1) is 0 Å². The third kappa shape index (κ3) is 3.76. The summed E-state index contributed by atoms with van der Waals surface area (Å²) in [6.07, 6.45) is 2.58. The highest BCUT2D eigenvalue weighted by Gasteiger charge is 2.08. The fourth-order valence-corrected chi connectivity index (χ4v) is 1.50. The van der Waals surface area contributed by atoms with Gasteiger partial charge in [0.25, 0.3) is 0 Å². The van der Waals surface area contributed by atoms with Gasteiger partial charge in [0.15, 0.2) is 0 Å². The fraction of sp³-hybridized carbons (Fsp3) is 0.0714. The predicted octanol–water partition coefficient (Wildman–Crippen LogP) is 4.05. The average Bonchev–Trinajstić information content (AvgIpc) is 2.39. The maximum absolute atomic E-state index is 13.2. The van der Waals surface area contributed by atoms with Crippen LogP contribution in [0.1, 0.15) is 11.1 Å². The summed E-state index contributed by atoms with van der Waals surface area (Å²) in [5.74, 6) is -1.33. The number of nitrogens with zero attached hydrogens (tertiary/aromatic N) is 1. The van der Waals surface area contributed by atoms with E-state index in [0.717, 1.165) is 12.1 Å². The van der Waals surface area contributed by atoms with Crippen molar-refractivity contribution in [1.29, 1.82) is 0 Å². The molecule has 0 aliphatic heterocycles. The second-order valence-electron chi connectivity index (χ2n) is 3.68. The minimum atomic E-state index is -0.665. The Morgan fingerprint density at radius 1 is 1.05 bits per heavy atom. The Morgan fingerprint density at radius 2 is 1.68 bits per heavy atom. The molecule has 0 heterocycles. The van der Waals surface area contributed by atoms with Gasteiger partial charge in [0.2, 0.25) is 0 Å². The summed E-state index contributed by atoms with van der Waals surface area (Å²) in [5.41, 5.74) is 0.488. The molecule has 0 aliphatic rings. The van der Waals surface area contributed by atoms with Gasteiger partial charge in [-0.1, -0.05) is 35.0 Å². The summed E-state index contributed by atoms with van der Waals surface area (Å²) >= 11 is 5.71. The van der Waals surface area contributed by atoms with E-state index in [1.54, 1.807) is 24.3 Å². The average molecular weight is 281 g/mol. The smallest absolute Gasteiger partial charge is 0.148 e. The maximum Gasteiger partial charge on any atom is 0.148 e. The third-order valence-electron chi connectivity index (χ3n) is 2.35. The van der Waals surface area contributed by atoms with Crippen LogP contribution in [0, 0.1) is 11.6 Å². The van der Waals surface area contributed by atoms with E-state index in [4.69, 9.17) is 16.4 Å². The lowest BCUT2D eigenvalue weighted by atomic mass is 10.2. The minimum Gasteiger partial charge on any atom is -0.390 e. The molecule has 0 saturated heterocycles. The number of hydrogen-bond acceptors (Lipinski definition) is 2. The normalized spacial score (nSPS) is 10.9. The maximum atomic E-state index is 13.2. The first-order valence-electron chi connectivity index (χ1n) is 5.43. The van der Waals surface area contributed by atoms with Crippen molar-refractivity contribution < 1.29 is 13.6 Å². The van der Waals surface area contributed by atoms with Gasteiger partial charge < -0.3 is 4.84 Å². The molecule has 1 radical (unpaired) electrons. The molecule has 0 aliphatic carbocycles. The monoisotopic (exact) mass is 280 g/mol. The minimum absolute atomic E-state index is 0.163. The van der Waals surface area contributed by atoms with Gasteiger partial charge in [0.05, 0.1) is 5.56 Å². The Labute approximate surface area is 114 Å². The molecule has 0 bridgehead atoms. The molecule has 0 unspecified atom stereocenters. The Kier molecular flexibility index (Phi) is 4.47. The molecule has 97 valence electrons. The van der Waals surface area contributed by atoms with Crippen LogP contribution in [-0.2, 0) is 11.4 Å². The van der Waals surface area contributed by atoms with Crippen molar-refractivity contribution in [3.8, 4) is 0 Å². The number of rotatable bonds is 4. The molecule has 0 fully saturated rings. The molecule has 2 rings (SSSR count). The predicted molar refractivity (Wildman–Crippen MR) is 69.1 cm³/mol. The molecular formula is C14H9ClF2NO. The van der Waals surface area contributed by atoms with E-state index in [9.17, 15) is 8.78 Å². The summed E-state index contributed by atoms with van der Waals surface area (Å²) < 4.78 is 26.5. The molecule has 0 atom stereocenters. The van der Waals surface area contributed by atoms with Crippen molar-refractivity contribution in [1.82, 2.24) is 0 Å². The Bertz CT molecular complexity index is 564. The lowest BCUT2D eigenvalue weighted by Gasteiger charge is -2.02. The van der Waals surface area contributed by atoms with Crippen LogP contribution in [0.25, 0.3) is 0 Å². The number of halogens is 3. The molecule has 2 aromatic rings. The highest BCUT2D eigenvalue weighted by Crippen LogP contribution is 2.13. The third-order valence-corrected chi connectivity index (χ3v) is 2.61. The van der Waals surface area contributed by atoms with Crippen LogP contribution in [0.5, 0.6) is 0 Å². The summed E-state index contributed by atoms with van der Waals surface area (Å²) in [4.78, 5) is 4.82.